The second-order valence-electron chi connectivity index (χ2n) is 6.64. The van der Waals surface area contributed by atoms with Gasteiger partial charge >= 0.3 is 0 Å². The van der Waals surface area contributed by atoms with Crippen LogP contribution in [0.15, 0.2) is 0 Å². The van der Waals surface area contributed by atoms with Crippen LogP contribution in [0.25, 0.3) is 0 Å². The summed E-state index contributed by atoms with van der Waals surface area (Å²) in [7, 11) is 0. The van der Waals surface area contributed by atoms with Gasteiger partial charge in [-0.15, -0.1) is 0 Å². The van der Waals surface area contributed by atoms with Crippen LogP contribution in [-0.2, 0) is 4.79 Å². The number of hydrogen-bond acceptors (Lipinski definition) is 2. The standard InChI is InChI=1S/C16H27F2NO2/c17-16(18)12-19(10-9-14(16)11-20)15(21)8-7-13-5-3-1-2-4-6-13/h13-14,20H,1-12H2. The molecule has 0 bridgehead atoms. The first kappa shape index (κ1) is 16.7. The molecule has 2 rings (SSSR count). The minimum Gasteiger partial charge on any atom is -0.396 e. The molecular formula is C16H27F2NO2. The molecule has 122 valence electrons. The highest BCUT2D eigenvalue weighted by Crippen LogP contribution is 2.33. The van der Waals surface area contributed by atoms with Crippen LogP contribution in [0.5, 0.6) is 0 Å². The molecule has 1 saturated heterocycles. The first-order chi connectivity index (χ1) is 10.0. The highest BCUT2D eigenvalue weighted by molar-refractivity contribution is 5.76. The number of hydrogen-bond donors (Lipinski definition) is 1. The van der Waals surface area contributed by atoms with Crippen molar-refractivity contribution in [1.82, 2.24) is 4.90 Å². The van der Waals surface area contributed by atoms with Crippen molar-refractivity contribution in [2.75, 3.05) is 19.7 Å². The molecule has 1 N–H and O–H groups in total. The molecule has 0 aromatic carbocycles. The van der Waals surface area contributed by atoms with Crippen molar-refractivity contribution in [2.45, 2.75) is 63.7 Å². The van der Waals surface area contributed by atoms with Gasteiger partial charge in [0.1, 0.15) is 0 Å². The largest absolute Gasteiger partial charge is 0.396 e. The van der Waals surface area contributed by atoms with Crippen LogP contribution in [0, 0.1) is 11.8 Å². The fourth-order valence-corrected chi connectivity index (χ4v) is 3.56. The molecule has 1 aliphatic heterocycles. The van der Waals surface area contributed by atoms with E-state index in [2.05, 4.69) is 0 Å². The number of amides is 1. The predicted octanol–water partition coefficient (Wildman–Crippen LogP) is 3.21. The van der Waals surface area contributed by atoms with E-state index in [0.717, 1.165) is 6.42 Å². The molecule has 1 amide bonds. The molecule has 2 fully saturated rings. The Kier molecular flexibility index (Phi) is 5.97. The van der Waals surface area contributed by atoms with Gasteiger partial charge in [0, 0.05) is 18.9 Å². The number of halogens is 2. The molecule has 0 aromatic heterocycles. The summed E-state index contributed by atoms with van der Waals surface area (Å²) in [4.78, 5) is 13.4. The van der Waals surface area contributed by atoms with Crippen molar-refractivity contribution in [3.8, 4) is 0 Å². The van der Waals surface area contributed by atoms with Gasteiger partial charge < -0.3 is 10.0 Å². The van der Waals surface area contributed by atoms with E-state index in [-0.39, 0.29) is 12.3 Å². The van der Waals surface area contributed by atoms with Gasteiger partial charge in [-0.25, -0.2) is 8.78 Å². The van der Waals surface area contributed by atoms with Gasteiger partial charge in [0.15, 0.2) is 0 Å². The molecule has 0 spiro atoms. The third kappa shape index (κ3) is 4.63. The van der Waals surface area contributed by atoms with Gasteiger partial charge in [-0.1, -0.05) is 38.5 Å². The van der Waals surface area contributed by atoms with Gasteiger partial charge in [0.2, 0.25) is 5.91 Å². The summed E-state index contributed by atoms with van der Waals surface area (Å²) in [6, 6.07) is 0. The van der Waals surface area contributed by atoms with Crippen LogP contribution in [-0.4, -0.2) is 41.5 Å². The second-order valence-corrected chi connectivity index (χ2v) is 6.64. The highest BCUT2D eigenvalue weighted by Gasteiger charge is 2.45. The van der Waals surface area contributed by atoms with Crippen molar-refractivity contribution in [2.24, 2.45) is 11.8 Å². The normalized spacial score (nSPS) is 27.4. The number of nitrogens with zero attached hydrogens (tertiary/aromatic N) is 1. The first-order valence-electron chi connectivity index (χ1n) is 8.29. The maximum Gasteiger partial charge on any atom is 0.270 e. The Morgan fingerprint density at radius 3 is 2.38 bits per heavy atom. The Morgan fingerprint density at radius 1 is 1.14 bits per heavy atom. The number of piperidine rings is 1. The lowest BCUT2D eigenvalue weighted by Crippen LogP contribution is -2.51. The molecule has 3 nitrogen and oxygen atoms in total. The summed E-state index contributed by atoms with van der Waals surface area (Å²) in [5.74, 6) is -3.50. The third-order valence-electron chi connectivity index (χ3n) is 5.06. The van der Waals surface area contributed by atoms with E-state index in [1.54, 1.807) is 0 Å². The fraction of sp³-hybridized carbons (Fsp3) is 0.938. The Balaban J connectivity index is 1.78. The number of rotatable bonds is 4. The minimum absolute atomic E-state index is 0.143. The molecule has 1 heterocycles. The maximum absolute atomic E-state index is 13.8. The Labute approximate surface area is 125 Å². The summed E-state index contributed by atoms with van der Waals surface area (Å²) in [5, 5.41) is 8.97. The molecule has 21 heavy (non-hydrogen) atoms. The van der Waals surface area contributed by atoms with Gasteiger partial charge in [0.25, 0.3) is 5.92 Å². The van der Waals surface area contributed by atoms with E-state index in [9.17, 15) is 13.6 Å². The molecule has 2 aliphatic rings. The molecule has 5 heteroatoms. The Bertz CT molecular complexity index is 341. The van der Waals surface area contributed by atoms with E-state index in [4.69, 9.17) is 5.11 Å². The smallest absolute Gasteiger partial charge is 0.270 e. The van der Waals surface area contributed by atoms with Crippen LogP contribution in [0.2, 0.25) is 0 Å². The molecule has 0 aromatic rings. The van der Waals surface area contributed by atoms with Gasteiger partial charge in [-0.05, 0) is 18.8 Å². The number of likely N-dealkylation sites (tertiary alicyclic amines) is 1. The van der Waals surface area contributed by atoms with Crippen LogP contribution in [0.4, 0.5) is 8.78 Å². The Morgan fingerprint density at radius 2 is 1.81 bits per heavy atom. The van der Waals surface area contributed by atoms with Crippen LogP contribution in [0.3, 0.4) is 0 Å². The lowest BCUT2D eigenvalue weighted by molar-refractivity contribution is -0.154. The fourth-order valence-electron chi connectivity index (χ4n) is 3.56. The van der Waals surface area contributed by atoms with Crippen molar-refractivity contribution >= 4 is 5.91 Å². The number of carbonyl (C=O) groups is 1. The number of alkyl halides is 2. The van der Waals surface area contributed by atoms with Crippen molar-refractivity contribution in [3.63, 3.8) is 0 Å². The summed E-state index contributed by atoms with van der Waals surface area (Å²) in [6.07, 6.45) is 8.81. The summed E-state index contributed by atoms with van der Waals surface area (Å²) >= 11 is 0. The van der Waals surface area contributed by atoms with E-state index in [1.807, 2.05) is 0 Å². The summed E-state index contributed by atoms with van der Waals surface area (Å²) in [5.41, 5.74) is 0. The van der Waals surface area contributed by atoms with Crippen molar-refractivity contribution in [3.05, 3.63) is 0 Å². The molecule has 1 atom stereocenters. The lowest BCUT2D eigenvalue weighted by Gasteiger charge is -2.37. The average Bonchev–Trinajstić information content (AvgIpc) is 2.72. The topological polar surface area (TPSA) is 40.5 Å². The maximum atomic E-state index is 13.8. The van der Waals surface area contributed by atoms with Crippen LogP contribution in [0.1, 0.15) is 57.8 Å². The zero-order valence-corrected chi connectivity index (χ0v) is 12.7. The summed E-state index contributed by atoms with van der Waals surface area (Å²) in [6.45, 7) is -0.677. The lowest BCUT2D eigenvalue weighted by atomic mass is 9.92. The molecular weight excluding hydrogens is 276 g/mol. The van der Waals surface area contributed by atoms with Gasteiger partial charge in [-0.2, -0.15) is 0 Å². The molecule has 1 aliphatic carbocycles. The molecule has 1 unspecified atom stereocenters. The minimum atomic E-state index is -2.95. The zero-order valence-electron chi connectivity index (χ0n) is 12.7. The van der Waals surface area contributed by atoms with Gasteiger partial charge in [0.05, 0.1) is 13.2 Å². The predicted molar refractivity (Wildman–Crippen MR) is 77.1 cm³/mol. The molecule has 1 saturated carbocycles. The van der Waals surface area contributed by atoms with Crippen LogP contribution >= 0.6 is 0 Å². The average molecular weight is 303 g/mol. The van der Waals surface area contributed by atoms with Crippen molar-refractivity contribution < 1.29 is 18.7 Å². The van der Waals surface area contributed by atoms with Crippen LogP contribution < -0.4 is 0 Å². The molecule has 0 radical (unpaired) electrons. The SMILES string of the molecule is O=C(CCC1CCCCCC1)N1CCC(CO)C(F)(F)C1. The third-order valence-corrected chi connectivity index (χ3v) is 5.06. The first-order valence-corrected chi connectivity index (χ1v) is 8.29. The monoisotopic (exact) mass is 303 g/mol. The van der Waals surface area contributed by atoms with Gasteiger partial charge in [-0.3, -0.25) is 4.79 Å². The van der Waals surface area contributed by atoms with E-state index in [0.29, 0.717) is 18.9 Å². The van der Waals surface area contributed by atoms with E-state index >= 15 is 0 Å². The number of aliphatic hydroxyl groups is 1. The zero-order chi connectivity index (χ0) is 15.3. The quantitative estimate of drug-likeness (QED) is 0.810. The van der Waals surface area contributed by atoms with E-state index < -0.39 is 25.0 Å². The number of carbonyl (C=O) groups excluding carboxylic acids is 1. The second kappa shape index (κ2) is 7.52. The Hall–Kier alpha value is -0.710. The summed E-state index contributed by atoms with van der Waals surface area (Å²) < 4.78 is 27.5. The van der Waals surface area contributed by atoms with Crippen molar-refractivity contribution in [1.29, 1.82) is 0 Å². The number of aliphatic hydroxyl groups excluding tert-OH is 1. The highest BCUT2D eigenvalue weighted by atomic mass is 19.3. The van der Waals surface area contributed by atoms with E-state index in [1.165, 1.54) is 43.4 Å².